The van der Waals surface area contributed by atoms with Gasteiger partial charge in [0.05, 0.1) is 0 Å². The van der Waals surface area contributed by atoms with Gasteiger partial charge in [-0.15, -0.1) is 0 Å². The van der Waals surface area contributed by atoms with Crippen LogP contribution in [-0.4, -0.2) is 25.4 Å². The minimum atomic E-state index is -0.225. The summed E-state index contributed by atoms with van der Waals surface area (Å²) in [5, 5.41) is 16.4. The Morgan fingerprint density at radius 2 is 1.30 bits per heavy atom. The second-order valence-electron chi connectivity index (χ2n) is 7.48. The van der Waals surface area contributed by atoms with Crippen molar-refractivity contribution in [2.45, 2.75) is 46.1 Å². The molecule has 0 saturated heterocycles. The van der Waals surface area contributed by atoms with Crippen molar-refractivity contribution in [1.82, 2.24) is 20.3 Å². The SMILES string of the molecule is CC(C)c1ccc(-c2ncon2)cc1.CC(C)c1ccc(-c2noc(CO)n2)cc1. The van der Waals surface area contributed by atoms with Crippen LogP contribution >= 0.6 is 0 Å². The molecule has 0 fully saturated rings. The first kappa shape index (κ1) is 21.4. The van der Waals surface area contributed by atoms with Gasteiger partial charge in [0.25, 0.3) is 5.89 Å². The molecule has 0 bridgehead atoms. The minimum absolute atomic E-state index is 0.225. The number of nitrogens with zero attached hydrogens (tertiary/aromatic N) is 4. The fourth-order valence-electron chi connectivity index (χ4n) is 2.77. The van der Waals surface area contributed by atoms with Gasteiger partial charge in [0.2, 0.25) is 18.0 Å². The molecular weight excluding hydrogens is 380 g/mol. The van der Waals surface area contributed by atoms with Crippen LogP contribution in [0.25, 0.3) is 22.8 Å². The molecule has 2 aromatic heterocycles. The molecule has 0 aliphatic rings. The Labute approximate surface area is 175 Å². The number of aromatic nitrogens is 4. The van der Waals surface area contributed by atoms with Crippen LogP contribution in [-0.2, 0) is 6.61 Å². The third-order valence-corrected chi connectivity index (χ3v) is 4.64. The van der Waals surface area contributed by atoms with Crippen LogP contribution in [0.15, 0.2) is 64.0 Å². The monoisotopic (exact) mass is 406 g/mol. The number of benzene rings is 2. The topological polar surface area (TPSA) is 98.1 Å². The van der Waals surface area contributed by atoms with Gasteiger partial charge >= 0.3 is 0 Å². The Balaban J connectivity index is 0.000000172. The molecule has 7 nitrogen and oxygen atoms in total. The van der Waals surface area contributed by atoms with E-state index in [4.69, 9.17) is 9.63 Å². The summed E-state index contributed by atoms with van der Waals surface area (Å²) in [6.45, 7) is 8.41. The van der Waals surface area contributed by atoms with E-state index in [1.54, 1.807) is 0 Å². The molecule has 4 aromatic rings. The first-order valence-corrected chi connectivity index (χ1v) is 9.88. The highest BCUT2D eigenvalue weighted by Crippen LogP contribution is 2.21. The summed E-state index contributed by atoms with van der Waals surface area (Å²) in [5.41, 5.74) is 4.47. The molecule has 1 N–H and O–H groups in total. The van der Waals surface area contributed by atoms with E-state index in [0.29, 0.717) is 23.5 Å². The quantitative estimate of drug-likeness (QED) is 0.485. The van der Waals surface area contributed by atoms with E-state index >= 15 is 0 Å². The summed E-state index contributed by atoms with van der Waals surface area (Å²) in [4.78, 5) is 8.03. The molecule has 0 atom stereocenters. The molecule has 2 aromatic carbocycles. The Hall–Kier alpha value is -3.32. The van der Waals surface area contributed by atoms with Crippen molar-refractivity contribution < 1.29 is 14.2 Å². The van der Waals surface area contributed by atoms with E-state index in [0.717, 1.165) is 11.1 Å². The molecule has 7 heteroatoms. The maximum atomic E-state index is 8.82. The van der Waals surface area contributed by atoms with Gasteiger partial charge in [0, 0.05) is 11.1 Å². The maximum absolute atomic E-state index is 8.82. The number of aliphatic hydroxyl groups is 1. The van der Waals surface area contributed by atoms with Crippen LogP contribution in [0.4, 0.5) is 0 Å². The second kappa shape index (κ2) is 9.93. The highest BCUT2D eigenvalue weighted by Gasteiger charge is 2.08. The van der Waals surface area contributed by atoms with Gasteiger partial charge in [-0.05, 0) is 23.0 Å². The third-order valence-electron chi connectivity index (χ3n) is 4.64. The average molecular weight is 406 g/mol. The molecule has 0 amide bonds. The zero-order valence-electron chi connectivity index (χ0n) is 17.6. The Morgan fingerprint density at radius 3 is 1.70 bits per heavy atom. The van der Waals surface area contributed by atoms with E-state index in [9.17, 15) is 0 Å². The normalized spacial score (nSPS) is 10.9. The van der Waals surface area contributed by atoms with E-state index in [1.807, 2.05) is 24.3 Å². The van der Waals surface area contributed by atoms with Crippen LogP contribution in [0.5, 0.6) is 0 Å². The Bertz CT molecular complexity index is 1020. The number of hydrogen-bond acceptors (Lipinski definition) is 7. The average Bonchev–Trinajstić information content (AvgIpc) is 3.46. The number of aliphatic hydroxyl groups excluding tert-OH is 1. The fourth-order valence-corrected chi connectivity index (χ4v) is 2.77. The maximum Gasteiger partial charge on any atom is 0.252 e. The number of rotatable bonds is 5. The van der Waals surface area contributed by atoms with E-state index in [-0.39, 0.29) is 12.5 Å². The van der Waals surface area contributed by atoms with Crippen molar-refractivity contribution in [3.05, 3.63) is 71.9 Å². The fraction of sp³-hybridized carbons (Fsp3) is 0.304. The van der Waals surface area contributed by atoms with Gasteiger partial charge in [0.15, 0.2) is 0 Å². The smallest absolute Gasteiger partial charge is 0.252 e. The zero-order chi connectivity index (χ0) is 21.5. The summed E-state index contributed by atoms with van der Waals surface area (Å²) < 4.78 is 9.52. The van der Waals surface area contributed by atoms with Crippen molar-refractivity contribution in [2.24, 2.45) is 0 Å². The van der Waals surface area contributed by atoms with Gasteiger partial charge in [-0.1, -0.05) is 86.5 Å². The van der Waals surface area contributed by atoms with Crippen LogP contribution in [0.1, 0.15) is 56.5 Å². The van der Waals surface area contributed by atoms with Crippen molar-refractivity contribution >= 4 is 0 Å². The summed E-state index contributed by atoms with van der Waals surface area (Å²) in [7, 11) is 0. The lowest BCUT2D eigenvalue weighted by Gasteiger charge is -2.04. The van der Waals surface area contributed by atoms with E-state index < -0.39 is 0 Å². The molecule has 0 aliphatic heterocycles. The largest absolute Gasteiger partial charge is 0.387 e. The molecule has 0 radical (unpaired) electrons. The predicted octanol–water partition coefficient (Wildman–Crippen LogP) is 5.21. The zero-order valence-corrected chi connectivity index (χ0v) is 17.6. The molecule has 4 rings (SSSR count). The first-order valence-electron chi connectivity index (χ1n) is 9.88. The lowest BCUT2D eigenvalue weighted by molar-refractivity contribution is 0.222. The summed E-state index contributed by atoms with van der Waals surface area (Å²) in [5.74, 6) is 2.45. The van der Waals surface area contributed by atoms with Gasteiger partial charge < -0.3 is 14.2 Å². The highest BCUT2D eigenvalue weighted by molar-refractivity contribution is 5.55. The van der Waals surface area contributed by atoms with E-state index in [1.165, 1.54) is 17.5 Å². The lowest BCUT2D eigenvalue weighted by Crippen LogP contribution is -1.88. The molecule has 2 heterocycles. The lowest BCUT2D eigenvalue weighted by atomic mass is 10.0. The summed E-state index contributed by atoms with van der Waals surface area (Å²) in [6, 6.07) is 16.2. The molecular formula is C23H26N4O3. The van der Waals surface area contributed by atoms with Crippen molar-refractivity contribution in [1.29, 1.82) is 0 Å². The van der Waals surface area contributed by atoms with Crippen LogP contribution < -0.4 is 0 Å². The molecule has 30 heavy (non-hydrogen) atoms. The van der Waals surface area contributed by atoms with Gasteiger partial charge in [0.1, 0.15) is 6.61 Å². The second-order valence-corrected chi connectivity index (χ2v) is 7.48. The molecule has 156 valence electrons. The van der Waals surface area contributed by atoms with Crippen LogP contribution in [0.3, 0.4) is 0 Å². The summed E-state index contributed by atoms with van der Waals surface area (Å²) >= 11 is 0. The molecule has 0 saturated carbocycles. The Morgan fingerprint density at radius 1 is 0.767 bits per heavy atom. The first-order chi connectivity index (χ1) is 14.5. The van der Waals surface area contributed by atoms with Crippen LogP contribution in [0.2, 0.25) is 0 Å². The van der Waals surface area contributed by atoms with Gasteiger partial charge in [-0.3, -0.25) is 0 Å². The highest BCUT2D eigenvalue weighted by atomic mass is 16.5. The standard InChI is InChI=1S/C12H14N2O2.C11H12N2O/c1-8(2)9-3-5-10(6-4-9)12-13-11(7-15)16-14-12;1-8(2)9-3-5-10(6-4-9)11-12-7-14-13-11/h3-6,8,15H,7H2,1-2H3;3-8H,1-2H3. The number of hydrogen-bond donors (Lipinski definition) is 1. The van der Waals surface area contributed by atoms with Gasteiger partial charge in [-0.25, -0.2) is 0 Å². The van der Waals surface area contributed by atoms with E-state index in [2.05, 4.69) is 76.8 Å². The summed E-state index contributed by atoms with van der Waals surface area (Å²) in [6.07, 6.45) is 1.34. The third kappa shape index (κ3) is 5.39. The molecule has 0 aliphatic carbocycles. The Kier molecular flexibility index (Phi) is 7.08. The predicted molar refractivity (Wildman–Crippen MR) is 114 cm³/mol. The van der Waals surface area contributed by atoms with Crippen molar-refractivity contribution in [3.63, 3.8) is 0 Å². The van der Waals surface area contributed by atoms with Crippen molar-refractivity contribution in [2.75, 3.05) is 0 Å². The molecule has 0 unspecified atom stereocenters. The van der Waals surface area contributed by atoms with Gasteiger partial charge in [-0.2, -0.15) is 9.97 Å². The molecule has 0 spiro atoms. The minimum Gasteiger partial charge on any atom is -0.387 e. The van der Waals surface area contributed by atoms with Crippen LogP contribution in [0, 0.1) is 0 Å². The van der Waals surface area contributed by atoms with Crippen molar-refractivity contribution in [3.8, 4) is 22.8 Å².